The van der Waals surface area contributed by atoms with Gasteiger partial charge in [0.1, 0.15) is 17.3 Å². The largest absolute Gasteiger partial charge is 0.497 e. The molecule has 0 aliphatic carbocycles. The standard InChI is InChI=1S/C26H30FN3O2/c1-31-23-7-6-22(26(16-23)32-2)19-29(17-20-9-11-28-12-10-20)18-21-5-8-25(24(27)15-21)30-13-3-4-14-30/h5-12,15-16H,3-4,13-14,17-19H2,1-2H3. The summed E-state index contributed by atoms with van der Waals surface area (Å²) in [5.74, 6) is 1.39. The van der Waals surface area contributed by atoms with Crippen molar-refractivity contribution in [3.63, 3.8) is 0 Å². The quantitative estimate of drug-likeness (QED) is 0.471. The molecular weight excluding hydrogens is 405 g/mol. The zero-order valence-corrected chi connectivity index (χ0v) is 18.8. The third-order valence-corrected chi connectivity index (χ3v) is 5.91. The lowest BCUT2D eigenvalue weighted by Gasteiger charge is -2.25. The Balaban J connectivity index is 1.56. The summed E-state index contributed by atoms with van der Waals surface area (Å²) in [6.45, 7) is 3.86. The van der Waals surface area contributed by atoms with Gasteiger partial charge < -0.3 is 14.4 Å². The van der Waals surface area contributed by atoms with E-state index >= 15 is 0 Å². The van der Waals surface area contributed by atoms with Gasteiger partial charge in [0.15, 0.2) is 0 Å². The van der Waals surface area contributed by atoms with Crippen molar-refractivity contribution in [2.45, 2.75) is 32.5 Å². The van der Waals surface area contributed by atoms with Crippen molar-refractivity contribution < 1.29 is 13.9 Å². The first-order valence-electron chi connectivity index (χ1n) is 11.0. The van der Waals surface area contributed by atoms with Crippen LogP contribution in [0.25, 0.3) is 0 Å². The van der Waals surface area contributed by atoms with Crippen molar-refractivity contribution in [1.82, 2.24) is 9.88 Å². The van der Waals surface area contributed by atoms with E-state index in [2.05, 4.69) is 14.8 Å². The monoisotopic (exact) mass is 435 g/mol. The van der Waals surface area contributed by atoms with E-state index in [0.717, 1.165) is 54.1 Å². The number of nitrogens with zero attached hydrogens (tertiary/aromatic N) is 3. The van der Waals surface area contributed by atoms with Crippen LogP contribution in [-0.2, 0) is 19.6 Å². The maximum atomic E-state index is 14.9. The summed E-state index contributed by atoms with van der Waals surface area (Å²) in [6.07, 6.45) is 5.85. The number of halogens is 1. The zero-order chi connectivity index (χ0) is 22.3. The molecule has 1 aromatic heterocycles. The van der Waals surface area contributed by atoms with Crippen molar-refractivity contribution >= 4 is 5.69 Å². The molecule has 0 unspecified atom stereocenters. The van der Waals surface area contributed by atoms with E-state index in [-0.39, 0.29) is 5.82 Å². The number of ether oxygens (including phenoxy) is 2. The van der Waals surface area contributed by atoms with Crippen molar-refractivity contribution in [3.8, 4) is 11.5 Å². The minimum absolute atomic E-state index is 0.143. The number of rotatable bonds is 9. The van der Waals surface area contributed by atoms with Crippen LogP contribution in [0.1, 0.15) is 29.5 Å². The Morgan fingerprint density at radius 3 is 2.31 bits per heavy atom. The van der Waals surface area contributed by atoms with Crippen LogP contribution in [0.2, 0.25) is 0 Å². The predicted molar refractivity (Wildman–Crippen MR) is 125 cm³/mol. The van der Waals surface area contributed by atoms with Gasteiger partial charge in [-0.25, -0.2) is 4.39 Å². The van der Waals surface area contributed by atoms with Gasteiger partial charge in [0.25, 0.3) is 0 Å². The van der Waals surface area contributed by atoms with Crippen molar-refractivity contribution in [3.05, 3.63) is 83.4 Å². The van der Waals surface area contributed by atoms with Crippen LogP contribution < -0.4 is 14.4 Å². The maximum Gasteiger partial charge on any atom is 0.146 e. The highest BCUT2D eigenvalue weighted by Gasteiger charge is 2.18. The molecule has 6 heteroatoms. The summed E-state index contributed by atoms with van der Waals surface area (Å²) < 4.78 is 25.8. The summed E-state index contributed by atoms with van der Waals surface area (Å²) >= 11 is 0. The first-order chi connectivity index (χ1) is 15.7. The molecule has 1 aliphatic rings. The lowest BCUT2D eigenvalue weighted by Crippen LogP contribution is -2.23. The fourth-order valence-corrected chi connectivity index (χ4v) is 4.26. The molecule has 1 aliphatic heterocycles. The molecular formula is C26H30FN3O2. The third-order valence-electron chi connectivity index (χ3n) is 5.91. The molecule has 1 saturated heterocycles. The number of hydrogen-bond donors (Lipinski definition) is 0. The molecule has 2 aromatic carbocycles. The second kappa shape index (κ2) is 10.5. The molecule has 0 N–H and O–H groups in total. The highest BCUT2D eigenvalue weighted by Crippen LogP contribution is 2.28. The number of hydrogen-bond acceptors (Lipinski definition) is 5. The Morgan fingerprint density at radius 1 is 0.875 bits per heavy atom. The number of methoxy groups -OCH3 is 2. The SMILES string of the molecule is COc1ccc(CN(Cc2ccncc2)Cc2ccc(N3CCCC3)c(F)c2)c(OC)c1. The Kier molecular flexibility index (Phi) is 7.22. The van der Waals surface area contributed by atoms with Gasteiger partial charge in [0, 0.05) is 56.7 Å². The normalized spacial score (nSPS) is 13.6. The highest BCUT2D eigenvalue weighted by atomic mass is 19.1. The van der Waals surface area contributed by atoms with Crippen LogP contribution in [0, 0.1) is 5.82 Å². The summed E-state index contributed by atoms with van der Waals surface area (Å²) in [6, 6.07) is 15.5. The van der Waals surface area contributed by atoms with Gasteiger partial charge in [-0.1, -0.05) is 12.1 Å². The average molecular weight is 436 g/mol. The molecule has 0 saturated carbocycles. The van der Waals surface area contributed by atoms with Gasteiger partial charge in [0.05, 0.1) is 19.9 Å². The minimum Gasteiger partial charge on any atom is -0.497 e. The Hall–Kier alpha value is -3.12. The zero-order valence-electron chi connectivity index (χ0n) is 18.8. The van der Waals surface area contributed by atoms with Gasteiger partial charge in [-0.2, -0.15) is 0 Å². The Labute approximate surface area is 189 Å². The molecule has 168 valence electrons. The molecule has 5 nitrogen and oxygen atoms in total. The highest BCUT2D eigenvalue weighted by molar-refractivity contribution is 5.50. The van der Waals surface area contributed by atoms with Gasteiger partial charge in [-0.3, -0.25) is 9.88 Å². The van der Waals surface area contributed by atoms with Gasteiger partial charge >= 0.3 is 0 Å². The predicted octanol–water partition coefficient (Wildman–Crippen LogP) is 5.04. The topological polar surface area (TPSA) is 37.8 Å². The van der Waals surface area contributed by atoms with E-state index in [1.165, 1.54) is 0 Å². The molecule has 0 atom stereocenters. The van der Waals surface area contributed by atoms with Crippen molar-refractivity contribution in [2.24, 2.45) is 0 Å². The van der Waals surface area contributed by atoms with E-state index in [1.54, 1.807) is 32.7 Å². The Morgan fingerprint density at radius 2 is 1.62 bits per heavy atom. The number of benzene rings is 2. The van der Waals surface area contributed by atoms with E-state index in [0.29, 0.717) is 25.3 Å². The van der Waals surface area contributed by atoms with E-state index in [4.69, 9.17) is 9.47 Å². The molecule has 1 fully saturated rings. The molecule has 0 amide bonds. The van der Waals surface area contributed by atoms with Crippen LogP contribution in [-0.4, -0.2) is 37.2 Å². The number of anilines is 1. The molecule has 0 spiro atoms. The fraction of sp³-hybridized carbons (Fsp3) is 0.346. The molecule has 3 aromatic rings. The number of aromatic nitrogens is 1. The van der Waals surface area contributed by atoms with Crippen LogP contribution in [0.3, 0.4) is 0 Å². The maximum absolute atomic E-state index is 14.9. The first kappa shape index (κ1) is 22.1. The molecule has 0 bridgehead atoms. The molecule has 32 heavy (non-hydrogen) atoms. The second-order valence-corrected chi connectivity index (χ2v) is 8.16. The minimum atomic E-state index is -0.143. The van der Waals surface area contributed by atoms with E-state index < -0.39 is 0 Å². The number of pyridine rings is 1. The van der Waals surface area contributed by atoms with Gasteiger partial charge in [-0.15, -0.1) is 0 Å². The molecule has 0 radical (unpaired) electrons. The van der Waals surface area contributed by atoms with Crippen LogP contribution in [0.15, 0.2) is 60.9 Å². The van der Waals surface area contributed by atoms with E-state index in [9.17, 15) is 4.39 Å². The fourth-order valence-electron chi connectivity index (χ4n) is 4.26. The summed E-state index contributed by atoms with van der Waals surface area (Å²) in [4.78, 5) is 8.54. The lowest BCUT2D eigenvalue weighted by atomic mass is 10.1. The summed E-state index contributed by atoms with van der Waals surface area (Å²) in [7, 11) is 3.31. The molecule has 4 rings (SSSR count). The molecule has 2 heterocycles. The smallest absolute Gasteiger partial charge is 0.146 e. The third kappa shape index (κ3) is 5.37. The second-order valence-electron chi connectivity index (χ2n) is 8.16. The van der Waals surface area contributed by atoms with Crippen LogP contribution in [0.5, 0.6) is 11.5 Å². The summed E-state index contributed by atoms with van der Waals surface area (Å²) in [5.41, 5.74) is 3.87. The first-order valence-corrected chi connectivity index (χ1v) is 11.0. The lowest BCUT2D eigenvalue weighted by molar-refractivity contribution is 0.243. The average Bonchev–Trinajstić information content (AvgIpc) is 3.34. The van der Waals surface area contributed by atoms with Crippen molar-refractivity contribution in [2.75, 3.05) is 32.2 Å². The van der Waals surface area contributed by atoms with E-state index in [1.807, 2.05) is 42.5 Å². The van der Waals surface area contributed by atoms with Crippen molar-refractivity contribution in [1.29, 1.82) is 0 Å². The van der Waals surface area contributed by atoms with Crippen LogP contribution in [0.4, 0.5) is 10.1 Å². The van der Waals surface area contributed by atoms with Gasteiger partial charge in [-0.05, 0) is 54.3 Å². The Bertz CT molecular complexity index is 1020. The van der Waals surface area contributed by atoms with Crippen LogP contribution >= 0.6 is 0 Å². The summed E-state index contributed by atoms with van der Waals surface area (Å²) in [5, 5.41) is 0. The van der Waals surface area contributed by atoms with Gasteiger partial charge in [0.2, 0.25) is 0 Å².